The Morgan fingerprint density at radius 2 is 1.29 bits per heavy atom. The minimum absolute atomic E-state index is 0. The van der Waals surface area contributed by atoms with Crippen LogP contribution in [0.4, 0.5) is 0 Å². The van der Waals surface area contributed by atoms with Gasteiger partial charge in [-0.25, -0.2) is 0 Å². The van der Waals surface area contributed by atoms with Crippen LogP contribution in [0.2, 0.25) is 18.6 Å². The summed E-state index contributed by atoms with van der Waals surface area (Å²) in [5.41, 5.74) is 1.41. The number of rotatable bonds is 5. The minimum Gasteiger partial charge on any atom is -0.660 e. The molecule has 4 heteroatoms. The average Bonchev–Trinajstić information content (AvgIpc) is 3.09. The van der Waals surface area contributed by atoms with Crippen LogP contribution in [0.1, 0.15) is 27.2 Å². The number of nitrogens with zero attached hydrogens (tertiary/aromatic N) is 1. The van der Waals surface area contributed by atoms with Gasteiger partial charge in [-0.15, -0.1) is 5.54 Å². The van der Waals surface area contributed by atoms with E-state index < -0.39 is 16.2 Å². The normalized spacial score (nSPS) is 25.4. The molecule has 1 fully saturated rings. The van der Waals surface area contributed by atoms with E-state index in [0.29, 0.717) is 23.0 Å². The summed E-state index contributed by atoms with van der Waals surface area (Å²) >= 11 is 0. The molecule has 0 saturated heterocycles. The molecule has 0 aliphatic heterocycles. The molecule has 0 spiro atoms. The van der Waals surface area contributed by atoms with Crippen LogP contribution in [0.3, 0.4) is 0 Å². The van der Waals surface area contributed by atoms with E-state index in [4.69, 9.17) is 4.98 Å². The van der Waals surface area contributed by atoms with E-state index in [-0.39, 0.29) is 24.4 Å². The van der Waals surface area contributed by atoms with Crippen LogP contribution in [0.5, 0.6) is 0 Å². The zero-order chi connectivity index (χ0) is 21.4. The summed E-state index contributed by atoms with van der Waals surface area (Å²) in [6, 6.07) is 22.5. The topological polar surface area (TPSA) is 14.1 Å². The maximum atomic E-state index is 5.44. The predicted octanol–water partition coefficient (Wildman–Crippen LogP) is 4.00. The van der Waals surface area contributed by atoms with Crippen molar-refractivity contribution in [1.29, 1.82) is 0 Å². The van der Waals surface area contributed by atoms with E-state index in [9.17, 15) is 0 Å². The smallest absolute Gasteiger partial charge is 0.660 e. The summed E-state index contributed by atoms with van der Waals surface area (Å²) in [7, 11) is -2.16. The molecule has 4 atom stereocenters. The molecule has 0 radical (unpaired) electrons. The fourth-order valence-corrected chi connectivity index (χ4v) is 13.0. The Hall–Kier alpha value is -0.876. The van der Waals surface area contributed by atoms with Crippen molar-refractivity contribution in [3.63, 3.8) is 0 Å². The van der Waals surface area contributed by atoms with Crippen LogP contribution in [-0.2, 0) is 0 Å². The van der Waals surface area contributed by atoms with E-state index in [0.717, 1.165) is 0 Å². The van der Waals surface area contributed by atoms with Crippen molar-refractivity contribution in [3.8, 4) is 0 Å². The van der Waals surface area contributed by atoms with Crippen molar-refractivity contribution in [2.24, 2.45) is 11.8 Å². The molecule has 158 valence electrons. The van der Waals surface area contributed by atoms with Gasteiger partial charge in [-0.3, -0.25) is 0 Å². The van der Waals surface area contributed by atoms with Crippen molar-refractivity contribution in [1.82, 2.24) is 0 Å². The van der Waals surface area contributed by atoms with E-state index in [1.165, 1.54) is 17.0 Å². The van der Waals surface area contributed by atoms with E-state index in [2.05, 4.69) is 119 Å². The van der Waals surface area contributed by atoms with Crippen LogP contribution in [0.25, 0.3) is 4.98 Å². The fourth-order valence-electron chi connectivity index (χ4n) is 5.70. The Labute approximate surface area is 203 Å². The average molecular weight is 440 g/mol. The number of benzene rings is 2. The van der Waals surface area contributed by atoms with E-state index in [1.54, 1.807) is 0 Å². The molecule has 4 unspecified atom stereocenters. The summed E-state index contributed by atoms with van der Waals surface area (Å²) in [5, 5.41) is 3.02. The van der Waals surface area contributed by atoms with E-state index >= 15 is 0 Å². The number of fused-ring (bicyclic) bond motifs is 1. The van der Waals surface area contributed by atoms with Gasteiger partial charge in [0.15, 0.2) is 0 Å². The Morgan fingerprint density at radius 1 is 0.806 bits per heavy atom. The van der Waals surface area contributed by atoms with Gasteiger partial charge in [0.1, 0.15) is 0 Å². The molecule has 2 aromatic carbocycles. The number of hydrogen-bond acceptors (Lipinski definition) is 0. The van der Waals surface area contributed by atoms with Crippen LogP contribution < -0.4 is 29.5 Å². The quantitative estimate of drug-likeness (QED) is 0.494. The van der Waals surface area contributed by atoms with Gasteiger partial charge in [0, 0.05) is 0 Å². The molecular formula is C27H35LiNPSi. The Kier molecular flexibility index (Phi) is 7.94. The van der Waals surface area contributed by atoms with Gasteiger partial charge in [0.25, 0.3) is 0 Å². The second-order valence-electron chi connectivity index (χ2n) is 10.3. The third kappa shape index (κ3) is 5.55. The van der Waals surface area contributed by atoms with Gasteiger partial charge in [-0.05, 0) is 42.4 Å². The van der Waals surface area contributed by atoms with Gasteiger partial charge >= 0.3 is 18.9 Å². The molecule has 0 heterocycles. The molecule has 0 amide bonds. The molecular weight excluding hydrogens is 404 g/mol. The molecule has 2 aromatic rings. The maximum Gasteiger partial charge on any atom is 1.00 e. The first-order valence-corrected chi connectivity index (χ1v) is 15.7. The third-order valence-electron chi connectivity index (χ3n) is 6.56. The molecule has 1 saturated carbocycles. The summed E-state index contributed by atoms with van der Waals surface area (Å²) in [6.45, 7) is 11.8. The zero-order valence-electron chi connectivity index (χ0n) is 20.0. The van der Waals surface area contributed by atoms with E-state index in [1.807, 2.05) is 0 Å². The van der Waals surface area contributed by atoms with Crippen molar-refractivity contribution in [2.75, 3.05) is 0 Å². The number of allylic oxidation sites excluding steroid dienone is 4. The van der Waals surface area contributed by atoms with Gasteiger partial charge in [0.05, 0.1) is 0 Å². The minimum atomic E-state index is -1.75. The molecule has 4 rings (SSSR count). The van der Waals surface area contributed by atoms with Crippen molar-refractivity contribution < 1.29 is 18.9 Å². The molecule has 0 bridgehead atoms. The first kappa shape index (κ1) is 24.8. The predicted molar refractivity (Wildman–Crippen MR) is 137 cm³/mol. The van der Waals surface area contributed by atoms with Crippen LogP contribution in [0, 0.1) is 11.8 Å². The largest absolute Gasteiger partial charge is 1.00 e. The Balaban J connectivity index is 0.00000272. The summed E-state index contributed by atoms with van der Waals surface area (Å²) < 4.78 is 0. The van der Waals surface area contributed by atoms with Crippen LogP contribution in [0.15, 0.2) is 85.0 Å². The van der Waals surface area contributed by atoms with Gasteiger partial charge in [-0.1, -0.05) is 133 Å². The molecule has 1 nitrogen and oxygen atoms in total. The maximum absolute atomic E-state index is 5.44. The summed E-state index contributed by atoms with van der Waals surface area (Å²) in [5.74, 6) is 1.25. The number of hydrogen-bond donors (Lipinski definition) is 0. The van der Waals surface area contributed by atoms with Crippen molar-refractivity contribution >= 4 is 26.8 Å². The molecule has 0 aromatic heterocycles. The second-order valence-corrected chi connectivity index (χ2v) is 17.0. The van der Waals surface area contributed by atoms with Gasteiger partial charge in [-0.2, -0.15) is 0 Å². The Bertz CT molecular complexity index is 864. The monoisotopic (exact) mass is 439 g/mol. The fraction of sp³-hybridized carbons (Fsp3) is 0.407. The van der Waals surface area contributed by atoms with Crippen LogP contribution in [-0.4, -0.2) is 19.4 Å². The first-order chi connectivity index (χ1) is 14.3. The second kappa shape index (κ2) is 9.95. The van der Waals surface area contributed by atoms with Crippen molar-refractivity contribution in [3.05, 3.63) is 90.0 Å². The molecule has 2 aliphatic rings. The van der Waals surface area contributed by atoms with Crippen LogP contribution >= 0.6 is 7.92 Å². The molecule has 31 heavy (non-hydrogen) atoms. The van der Waals surface area contributed by atoms with Gasteiger partial charge in [0.2, 0.25) is 0 Å². The standard InChI is InChI=1S/C27H35NPSi.Li/c1-27(2,3)28-30(4,5)26-20-25(23-18-12-13-19-24(23)26)29(21-14-8-6-9-15-21)22-16-10-7-11-17-22;/h6-19,23-26H,20H2,1-5H3;/q-1;+1. The van der Waals surface area contributed by atoms with Crippen molar-refractivity contribution in [2.45, 2.75) is 57.0 Å². The SMILES string of the molecule is CC(C)(C)[N-][Si](C)(C)C1CC(P(c2ccccc2)c2ccccc2)C2C=CC=CC21.[Li+]. The molecule has 2 aliphatic carbocycles. The first-order valence-electron chi connectivity index (χ1n) is 11.2. The van der Waals surface area contributed by atoms with Gasteiger partial charge < -0.3 is 4.98 Å². The zero-order valence-corrected chi connectivity index (χ0v) is 21.9. The summed E-state index contributed by atoms with van der Waals surface area (Å²) in [6.07, 6.45) is 10.9. The Morgan fingerprint density at radius 3 is 1.77 bits per heavy atom. The summed E-state index contributed by atoms with van der Waals surface area (Å²) in [4.78, 5) is 5.44. The molecule has 0 N–H and O–H groups in total. The third-order valence-corrected chi connectivity index (χ3v) is 13.2.